The normalized spacial score (nSPS) is 14.1. The fourth-order valence-corrected chi connectivity index (χ4v) is 1.65. The Morgan fingerprint density at radius 3 is 1.95 bits per heavy atom. The summed E-state index contributed by atoms with van der Waals surface area (Å²) in [6.07, 6.45) is -5.84. The maximum atomic E-state index is 13.5. The van der Waals surface area contributed by atoms with E-state index in [4.69, 9.17) is 0 Å². The summed E-state index contributed by atoms with van der Waals surface area (Å²) >= 11 is 0. The number of benzene rings is 1. The molecule has 0 atom stereocenters. The summed E-state index contributed by atoms with van der Waals surface area (Å²) < 4.78 is 88.6. The van der Waals surface area contributed by atoms with E-state index in [1.54, 1.807) is 0 Å². The van der Waals surface area contributed by atoms with Gasteiger partial charge in [-0.25, -0.2) is 0 Å². The van der Waals surface area contributed by atoms with Gasteiger partial charge in [0.05, 0.1) is 5.52 Å². The molecule has 0 N–H and O–H groups in total. The molecule has 0 bridgehead atoms. The van der Waals surface area contributed by atoms with Crippen LogP contribution < -0.4 is 0 Å². The van der Waals surface area contributed by atoms with Crippen molar-refractivity contribution in [2.24, 2.45) is 0 Å². The van der Waals surface area contributed by atoms with Crippen LogP contribution in [0.3, 0.4) is 0 Å². The number of nitrogens with zero attached hydrogens (tertiary/aromatic N) is 1. The highest BCUT2D eigenvalue weighted by Crippen LogP contribution is 2.50. The Kier molecular flexibility index (Phi) is 2.80. The molecule has 0 aliphatic carbocycles. The number of fused-ring (bicyclic) bond motifs is 1. The summed E-state index contributed by atoms with van der Waals surface area (Å²) in [6.45, 7) is 0. The Bertz CT molecular complexity index is 596. The minimum absolute atomic E-state index is 0.139. The highest BCUT2D eigenvalue weighted by atomic mass is 19.4. The number of hydrogen-bond donors (Lipinski definition) is 0. The molecule has 104 valence electrons. The molecule has 1 heterocycles. The van der Waals surface area contributed by atoms with Crippen molar-refractivity contribution in [3.8, 4) is 0 Å². The molecule has 1 nitrogen and oxygen atoms in total. The molecule has 1 aromatic heterocycles. The molecule has 0 aliphatic heterocycles. The number of alkyl halides is 7. The van der Waals surface area contributed by atoms with Gasteiger partial charge < -0.3 is 0 Å². The van der Waals surface area contributed by atoms with E-state index in [2.05, 4.69) is 0 Å². The van der Waals surface area contributed by atoms with Crippen molar-refractivity contribution in [1.82, 2.24) is 4.57 Å². The third kappa shape index (κ3) is 1.85. The van der Waals surface area contributed by atoms with E-state index in [9.17, 15) is 30.7 Å². The fourth-order valence-electron chi connectivity index (χ4n) is 1.65. The van der Waals surface area contributed by atoms with Gasteiger partial charge in [-0.3, -0.25) is 4.57 Å². The average Bonchev–Trinajstić information content (AvgIpc) is 2.71. The van der Waals surface area contributed by atoms with Crippen LogP contribution in [0.15, 0.2) is 36.5 Å². The fraction of sp³-hybridized carbons (Fsp3) is 0.273. The first-order valence-corrected chi connectivity index (χ1v) is 4.98. The zero-order valence-corrected chi connectivity index (χ0v) is 9.06. The van der Waals surface area contributed by atoms with Crippen LogP contribution >= 0.6 is 0 Å². The van der Waals surface area contributed by atoms with Crippen molar-refractivity contribution in [2.75, 3.05) is 0 Å². The molecule has 0 aliphatic rings. The molecule has 0 spiro atoms. The van der Waals surface area contributed by atoms with Crippen molar-refractivity contribution in [3.05, 3.63) is 36.5 Å². The smallest absolute Gasteiger partial charge is 0.283 e. The van der Waals surface area contributed by atoms with Crippen LogP contribution in [0.2, 0.25) is 0 Å². The van der Waals surface area contributed by atoms with Gasteiger partial charge in [-0.05, 0) is 17.5 Å². The van der Waals surface area contributed by atoms with E-state index in [0.29, 0.717) is 6.20 Å². The maximum Gasteiger partial charge on any atom is 0.462 e. The van der Waals surface area contributed by atoms with Gasteiger partial charge in [0, 0.05) is 6.20 Å². The lowest BCUT2D eigenvalue weighted by atomic mass is 10.2. The van der Waals surface area contributed by atoms with Gasteiger partial charge in [-0.1, -0.05) is 18.2 Å². The molecule has 1 aromatic carbocycles. The van der Waals surface area contributed by atoms with Crippen LogP contribution in [0.1, 0.15) is 0 Å². The SMILES string of the molecule is FC(F)(F)C(F)(F)C(F)(F)n1ccc2ccccc21. The van der Waals surface area contributed by atoms with Crippen molar-refractivity contribution < 1.29 is 30.7 Å². The second-order valence-electron chi connectivity index (χ2n) is 3.86. The van der Waals surface area contributed by atoms with Crippen LogP contribution in [-0.4, -0.2) is 16.7 Å². The first kappa shape index (κ1) is 13.7. The standard InChI is InChI=1S/C11H6F7N/c12-9(13,10(14,15)16)11(17,18)19-6-5-7-3-1-2-4-8(7)19/h1-6H. The molecule has 8 heteroatoms. The number of para-hydroxylation sites is 1. The average molecular weight is 285 g/mol. The zero-order chi connectivity index (χ0) is 14.5. The summed E-state index contributed by atoms with van der Waals surface area (Å²) in [5, 5.41) is 0.139. The summed E-state index contributed by atoms with van der Waals surface area (Å²) in [5.41, 5.74) is -0.406. The largest absolute Gasteiger partial charge is 0.462 e. The molecule has 0 saturated carbocycles. The number of aromatic nitrogens is 1. The zero-order valence-electron chi connectivity index (χ0n) is 9.06. The van der Waals surface area contributed by atoms with Crippen molar-refractivity contribution in [3.63, 3.8) is 0 Å². The van der Waals surface area contributed by atoms with Gasteiger partial charge in [0.25, 0.3) is 0 Å². The second kappa shape index (κ2) is 3.88. The van der Waals surface area contributed by atoms with E-state index in [-0.39, 0.29) is 9.95 Å². The molecule has 0 radical (unpaired) electrons. The third-order valence-corrected chi connectivity index (χ3v) is 2.64. The predicted octanol–water partition coefficient (Wildman–Crippen LogP) is 4.39. The lowest BCUT2D eigenvalue weighted by molar-refractivity contribution is -0.379. The summed E-state index contributed by atoms with van der Waals surface area (Å²) in [7, 11) is 0. The molecule has 0 saturated heterocycles. The molecule has 0 amide bonds. The lowest BCUT2D eigenvalue weighted by Crippen LogP contribution is -2.52. The van der Waals surface area contributed by atoms with Gasteiger partial charge in [-0.15, -0.1) is 0 Å². The molecule has 0 fully saturated rings. The third-order valence-electron chi connectivity index (χ3n) is 2.64. The van der Waals surface area contributed by atoms with Crippen LogP contribution in [-0.2, 0) is 6.05 Å². The molecular formula is C11H6F7N. The summed E-state index contributed by atoms with van der Waals surface area (Å²) in [5.74, 6) is -6.16. The van der Waals surface area contributed by atoms with E-state index in [1.165, 1.54) is 18.2 Å². The lowest BCUT2D eigenvalue weighted by Gasteiger charge is -2.29. The van der Waals surface area contributed by atoms with E-state index >= 15 is 0 Å². The number of hydrogen-bond acceptors (Lipinski definition) is 0. The van der Waals surface area contributed by atoms with Gasteiger partial charge in [-0.2, -0.15) is 30.7 Å². The minimum Gasteiger partial charge on any atom is -0.283 e. The summed E-state index contributed by atoms with van der Waals surface area (Å²) in [6, 6.07) is 0.709. The first-order chi connectivity index (χ1) is 8.59. The van der Waals surface area contributed by atoms with Crippen LogP contribution in [0.25, 0.3) is 10.9 Å². The number of halogens is 7. The maximum absolute atomic E-state index is 13.5. The van der Waals surface area contributed by atoms with Crippen molar-refractivity contribution in [1.29, 1.82) is 0 Å². The number of rotatable bonds is 2. The highest BCUT2D eigenvalue weighted by Gasteiger charge is 2.74. The van der Waals surface area contributed by atoms with E-state index < -0.39 is 23.7 Å². The molecule has 0 unspecified atom stereocenters. The van der Waals surface area contributed by atoms with E-state index in [0.717, 1.165) is 12.1 Å². The predicted molar refractivity (Wildman–Crippen MR) is 53.1 cm³/mol. The summed E-state index contributed by atoms with van der Waals surface area (Å²) in [4.78, 5) is 0. The Hall–Kier alpha value is -1.73. The topological polar surface area (TPSA) is 4.93 Å². The quantitative estimate of drug-likeness (QED) is 0.721. The first-order valence-electron chi connectivity index (χ1n) is 4.98. The molecular weight excluding hydrogens is 279 g/mol. The van der Waals surface area contributed by atoms with Gasteiger partial charge in [0.2, 0.25) is 0 Å². The van der Waals surface area contributed by atoms with E-state index in [1.807, 2.05) is 0 Å². The Morgan fingerprint density at radius 1 is 0.789 bits per heavy atom. The molecule has 2 aromatic rings. The van der Waals surface area contributed by atoms with Gasteiger partial charge in [0.1, 0.15) is 0 Å². The van der Waals surface area contributed by atoms with Gasteiger partial charge in [0.15, 0.2) is 0 Å². The molecule has 19 heavy (non-hydrogen) atoms. The molecule has 2 rings (SSSR count). The van der Waals surface area contributed by atoms with Gasteiger partial charge >= 0.3 is 18.1 Å². The Balaban J connectivity index is 2.62. The Morgan fingerprint density at radius 2 is 1.37 bits per heavy atom. The minimum atomic E-state index is -6.35. The van der Waals surface area contributed by atoms with Crippen molar-refractivity contribution >= 4 is 10.9 Å². The van der Waals surface area contributed by atoms with Crippen LogP contribution in [0, 0.1) is 0 Å². The second-order valence-corrected chi connectivity index (χ2v) is 3.86. The highest BCUT2D eigenvalue weighted by molar-refractivity contribution is 5.80. The van der Waals surface area contributed by atoms with Crippen LogP contribution in [0.5, 0.6) is 0 Å². The Labute approximate surface area is 102 Å². The van der Waals surface area contributed by atoms with Crippen LogP contribution in [0.4, 0.5) is 30.7 Å². The monoisotopic (exact) mass is 285 g/mol. The van der Waals surface area contributed by atoms with Crippen molar-refractivity contribution in [2.45, 2.75) is 18.1 Å².